The summed E-state index contributed by atoms with van der Waals surface area (Å²) in [4.78, 5) is 60.7. The number of phosphoric ester groups is 1. The van der Waals surface area contributed by atoms with E-state index in [0.29, 0.717) is 6.42 Å². The number of carbonyl (C=O) groups excluding carboxylic acids is 4. The zero-order chi connectivity index (χ0) is 34.9. The van der Waals surface area contributed by atoms with Crippen LogP contribution in [0.4, 0.5) is 4.79 Å². The van der Waals surface area contributed by atoms with E-state index in [1.54, 1.807) is 18.2 Å². The van der Waals surface area contributed by atoms with Crippen molar-refractivity contribution < 1.29 is 70.8 Å². The summed E-state index contributed by atoms with van der Waals surface area (Å²) in [6, 6.07) is 6.98. The Hall–Kier alpha value is -3.15. The van der Waals surface area contributed by atoms with Crippen molar-refractivity contribution in [2.24, 2.45) is 17.6 Å². The third kappa shape index (κ3) is 10.7. The standard InChI is InChI=1S/C29H43N2O15P/c1-7-20-15(2)16(3)21(31-17(4)32)27(42-20)44-25-23(45-29(35)41-19-11-9-8-10-12-19)22(40-18(5)33)24(26(30)34)43-28(25)46-47(36,37)39-14-13-38-6/h8-12,15-16,20-25,27-28H,7,13-14H2,1-6H3,(H2,30,34)(H,31,32)(H,36,37)/t15-,16-,20?,21?,22+,23-,24?,25?,27-,28+/m0/s1. The average molecular weight is 691 g/mol. The van der Waals surface area contributed by atoms with Crippen molar-refractivity contribution in [3.63, 3.8) is 0 Å². The summed E-state index contributed by atoms with van der Waals surface area (Å²) in [5.74, 6) is -2.77. The number of amides is 2. The van der Waals surface area contributed by atoms with Crippen LogP contribution in [-0.2, 0) is 56.4 Å². The SMILES string of the molecule is CCC1O[C@@H](OC2[C@@H](OP(=O)(O)OCCOC)OC(C(N)=O)[C@H](OC(C)=O)[C@@H]2OC(=O)Oc2ccccc2)C(NC(C)=O)[C@@H](C)[C@@H]1C. The van der Waals surface area contributed by atoms with Gasteiger partial charge in [-0.2, -0.15) is 0 Å². The monoisotopic (exact) mass is 690 g/mol. The highest BCUT2D eigenvalue weighted by Crippen LogP contribution is 2.48. The molecule has 2 fully saturated rings. The predicted molar refractivity (Wildman–Crippen MR) is 159 cm³/mol. The first-order chi connectivity index (χ1) is 22.2. The molecule has 2 saturated heterocycles. The molecule has 17 nitrogen and oxygen atoms in total. The second kappa shape index (κ2) is 17.3. The Morgan fingerprint density at radius 3 is 2.21 bits per heavy atom. The van der Waals surface area contributed by atoms with Crippen LogP contribution < -0.4 is 15.8 Å². The lowest BCUT2D eigenvalue weighted by molar-refractivity contribution is -0.331. The molecule has 0 aliphatic carbocycles. The van der Waals surface area contributed by atoms with Gasteiger partial charge in [-0.25, -0.2) is 9.36 Å². The zero-order valence-electron chi connectivity index (χ0n) is 27.0. The van der Waals surface area contributed by atoms with Gasteiger partial charge >= 0.3 is 19.9 Å². The van der Waals surface area contributed by atoms with E-state index in [-0.39, 0.29) is 36.9 Å². The first-order valence-corrected chi connectivity index (χ1v) is 16.4. The summed E-state index contributed by atoms with van der Waals surface area (Å²) < 4.78 is 62.5. The van der Waals surface area contributed by atoms with Crippen molar-refractivity contribution in [3.8, 4) is 5.75 Å². The largest absolute Gasteiger partial charge is 0.514 e. The quantitative estimate of drug-likeness (QED) is 0.109. The summed E-state index contributed by atoms with van der Waals surface area (Å²) in [5.41, 5.74) is 5.58. The summed E-state index contributed by atoms with van der Waals surface area (Å²) in [6.07, 6.45) is -11.8. The van der Waals surface area contributed by atoms with Crippen LogP contribution in [0.15, 0.2) is 30.3 Å². The lowest BCUT2D eigenvalue weighted by atomic mass is 9.81. The fourth-order valence-electron chi connectivity index (χ4n) is 5.31. The number of hydrogen-bond acceptors (Lipinski definition) is 14. The van der Waals surface area contributed by atoms with Crippen LogP contribution in [-0.4, -0.2) is 98.3 Å². The van der Waals surface area contributed by atoms with E-state index in [1.165, 1.54) is 26.2 Å². The fourth-order valence-corrected chi connectivity index (χ4v) is 6.11. The molecule has 3 rings (SSSR count). The van der Waals surface area contributed by atoms with E-state index in [2.05, 4.69) is 5.32 Å². The molecule has 4 N–H and O–H groups in total. The molecule has 0 bridgehead atoms. The number of para-hydroxylation sites is 1. The van der Waals surface area contributed by atoms with Crippen molar-refractivity contribution in [2.45, 2.75) is 90.2 Å². The minimum Gasteiger partial charge on any atom is -0.455 e. The first kappa shape index (κ1) is 38.3. The number of carbonyl (C=O) groups is 4. The van der Waals surface area contributed by atoms with Gasteiger partial charge in [0.05, 0.1) is 25.4 Å². The Kier molecular flexibility index (Phi) is 14.1. The number of benzene rings is 1. The summed E-state index contributed by atoms with van der Waals surface area (Å²) in [7, 11) is -3.67. The normalized spacial score (nSPS) is 32.0. The molecule has 47 heavy (non-hydrogen) atoms. The van der Waals surface area contributed by atoms with Gasteiger partial charge in [0, 0.05) is 21.0 Å². The third-order valence-corrected chi connectivity index (χ3v) is 8.66. The molecule has 0 saturated carbocycles. The molecule has 2 aliphatic heterocycles. The maximum Gasteiger partial charge on any atom is 0.514 e. The lowest BCUT2D eigenvalue weighted by Gasteiger charge is -2.48. The van der Waals surface area contributed by atoms with Gasteiger partial charge in [-0.1, -0.05) is 39.0 Å². The smallest absolute Gasteiger partial charge is 0.455 e. The van der Waals surface area contributed by atoms with Gasteiger partial charge in [-0.05, 0) is 30.4 Å². The number of primary amides is 1. The molecular weight excluding hydrogens is 647 g/mol. The van der Waals surface area contributed by atoms with Crippen LogP contribution in [0.3, 0.4) is 0 Å². The molecule has 11 atom stereocenters. The Morgan fingerprint density at radius 2 is 1.64 bits per heavy atom. The van der Waals surface area contributed by atoms with Gasteiger partial charge in [0.2, 0.25) is 5.91 Å². The van der Waals surface area contributed by atoms with E-state index >= 15 is 0 Å². The molecule has 2 amide bonds. The molecule has 18 heteroatoms. The van der Waals surface area contributed by atoms with Gasteiger partial charge in [0.25, 0.3) is 5.91 Å². The van der Waals surface area contributed by atoms with E-state index in [0.717, 1.165) is 6.92 Å². The summed E-state index contributed by atoms with van der Waals surface area (Å²) in [5, 5.41) is 2.80. The molecule has 0 aromatic heterocycles. The minimum absolute atomic E-state index is 0.0564. The predicted octanol–water partition coefficient (Wildman–Crippen LogP) is 1.79. The molecule has 0 spiro atoms. The zero-order valence-corrected chi connectivity index (χ0v) is 27.9. The average Bonchev–Trinajstić information content (AvgIpc) is 2.99. The van der Waals surface area contributed by atoms with Crippen LogP contribution in [0.2, 0.25) is 0 Å². The molecular formula is C29H43N2O15P. The number of hydrogen-bond donors (Lipinski definition) is 3. The van der Waals surface area contributed by atoms with Crippen LogP contribution in [0.25, 0.3) is 0 Å². The van der Waals surface area contributed by atoms with Crippen LogP contribution in [0.1, 0.15) is 41.0 Å². The molecule has 5 unspecified atom stereocenters. The molecule has 1 aromatic carbocycles. The van der Waals surface area contributed by atoms with Crippen molar-refractivity contribution in [2.75, 3.05) is 20.3 Å². The van der Waals surface area contributed by atoms with Gasteiger partial charge in [0.1, 0.15) is 5.75 Å². The Balaban J connectivity index is 2.11. The third-order valence-electron chi connectivity index (χ3n) is 7.68. The maximum absolute atomic E-state index is 13.1. The highest BCUT2D eigenvalue weighted by atomic mass is 31.2. The number of rotatable bonds is 14. The van der Waals surface area contributed by atoms with E-state index in [4.69, 9.17) is 47.9 Å². The molecule has 0 radical (unpaired) electrons. The Labute approximate surface area is 272 Å². The van der Waals surface area contributed by atoms with Gasteiger partial charge in [0.15, 0.2) is 37.0 Å². The van der Waals surface area contributed by atoms with E-state index in [9.17, 15) is 28.6 Å². The molecule has 1 aromatic rings. The first-order valence-electron chi connectivity index (χ1n) is 15.0. The Morgan fingerprint density at radius 1 is 0.957 bits per heavy atom. The highest BCUT2D eigenvalue weighted by molar-refractivity contribution is 7.47. The minimum atomic E-state index is -5.01. The number of methoxy groups -OCH3 is 1. The van der Waals surface area contributed by atoms with Crippen LogP contribution in [0.5, 0.6) is 5.75 Å². The topological polar surface area (TPSA) is 227 Å². The number of esters is 1. The second-order valence-corrected chi connectivity index (χ2v) is 12.5. The lowest BCUT2D eigenvalue weighted by Crippen LogP contribution is -2.66. The van der Waals surface area contributed by atoms with E-state index in [1.807, 2.05) is 20.8 Å². The Bertz CT molecular complexity index is 1270. The molecule has 2 aliphatic rings. The van der Waals surface area contributed by atoms with Gasteiger partial charge in [-0.3, -0.25) is 23.4 Å². The fraction of sp³-hybridized carbons (Fsp3) is 0.655. The second-order valence-electron chi connectivity index (χ2n) is 11.0. The number of phosphoric acid groups is 1. The van der Waals surface area contributed by atoms with E-state index < -0.39 is 74.8 Å². The number of nitrogens with one attached hydrogen (secondary N) is 1. The van der Waals surface area contributed by atoms with Crippen molar-refractivity contribution in [3.05, 3.63) is 30.3 Å². The molecule has 264 valence electrons. The van der Waals surface area contributed by atoms with Gasteiger partial charge in [-0.15, -0.1) is 0 Å². The number of nitrogens with two attached hydrogens (primary N) is 1. The summed E-state index contributed by atoms with van der Waals surface area (Å²) >= 11 is 0. The van der Waals surface area contributed by atoms with Crippen molar-refractivity contribution in [1.82, 2.24) is 5.32 Å². The van der Waals surface area contributed by atoms with Gasteiger partial charge < -0.3 is 49.1 Å². The summed E-state index contributed by atoms with van der Waals surface area (Å²) in [6.45, 7) is 7.56. The number of ether oxygens (including phenoxy) is 7. The van der Waals surface area contributed by atoms with Crippen molar-refractivity contribution >= 4 is 31.8 Å². The van der Waals surface area contributed by atoms with Crippen LogP contribution >= 0.6 is 7.82 Å². The molecule has 2 heterocycles. The highest BCUT2D eigenvalue weighted by Gasteiger charge is 2.57. The maximum atomic E-state index is 13.1. The van der Waals surface area contributed by atoms with Crippen molar-refractivity contribution in [1.29, 1.82) is 0 Å². The van der Waals surface area contributed by atoms with Crippen LogP contribution in [0, 0.1) is 11.8 Å².